The van der Waals surface area contributed by atoms with Crippen LogP contribution in [-0.2, 0) is 17.8 Å². The molecule has 2 amide bonds. The van der Waals surface area contributed by atoms with E-state index >= 15 is 0 Å². The zero-order valence-electron chi connectivity index (χ0n) is 19.5. The van der Waals surface area contributed by atoms with Crippen LogP contribution in [0.25, 0.3) is 0 Å². The molecule has 35 heavy (non-hydrogen) atoms. The van der Waals surface area contributed by atoms with Crippen molar-refractivity contribution in [3.63, 3.8) is 0 Å². The molecule has 190 valence electrons. The fraction of sp³-hybridized carbons (Fsp3) is 0.522. The number of carbonyl (C=O) groups is 2. The zero-order valence-corrected chi connectivity index (χ0v) is 20.3. The second-order valence-electron chi connectivity index (χ2n) is 8.45. The predicted molar refractivity (Wildman–Crippen MR) is 127 cm³/mol. The van der Waals surface area contributed by atoms with Gasteiger partial charge in [-0.2, -0.15) is 4.37 Å². The molecule has 4 rings (SSSR count). The summed E-state index contributed by atoms with van der Waals surface area (Å²) in [5.41, 5.74) is 1.05. The number of nitrogens with one attached hydrogen (secondary N) is 2. The highest BCUT2D eigenvalue weighted by atomic mass is 32.1. The van der Waals surface area contributed by atoms with Crippen molar-refractivity contribution >= 4 is 28.5 Å². The molecule has 1 fully saturated rings. The molecular formula is C23H29FN4O6S. The van der Waals surface area contributed by atoms with Gasteiger partial charge in [0, 0.05) is 37.2 Å². The maximum Gasteiger partial charge on any atom is 0.346 e. The van der Waals surface area contributed by atoms with Gasteiger partial charge in [-0.1, -0.05) is 0 Å². The van der Waals surface area contributed by atoms with Gasteiger partial charge in [0.25, 0.3) is 0 Å². The highest BCUT2D eigenvalue weighted by molar-refractivity contribution is 7.11. The summed E-state index contributed by atoms with van der Waals surface area (Å²) in [6, 6.07) is 2.53. The molecule has 0 unspecified atom stereocenters. The average molecular weight is 509 g/mol. The minimum absolute atomic E-state index is 0.0296. The van der Waals surface area contributed by atoms with Crippen molar-refractivity contribution in [2.24, 2.45) is 0 Å². The molecule has 2 aliphatic heterocycles. The number of benzene rings is 1. The summed E-state index contributed by atoms with van der Waals surface area (Å²) in [7, 11) is 1.21. The van der Waals surface area contributed by atoms with Crippen molar-refractivity contribution in [3.8, 4) is 11.6 Å². The van der Waals surface area contributed by atoms with Gasteiger partial charge < -0.3 is 29.5 Å². The Kier molecular flexibility index (Phi) is 8.37. The first-order chi connectivity index (χ1) is 16.9. The smallest absolute Gasteiger partial charge is 0.346 e. The van der Waals surface area contributed by atoms with Crippen molar-refractivity contribution in [2.75, 3.05) is 45.2 Å². The number of urea groups is 1. The van der Waals surface area contributed by atoms with Crippen LogP contribution in [0.4, 0.5) is 14.2 Å². The van der Waals surface area contributed by atoms with Crippen molar-refractivity contribution in [1.82, 2.24) is 14.6 Å². The number of hydrogen-bond acceptors (Lipinski definition) is 9. The molecule has 0 bridgehead atoms. The summed E-state index contributed by atoms with van der Waals surface area (Å²) in [6.07, 6.45) is 2.89. The maximum atomic E-state index is 14.4. The Hall–Kier alpha value is -2.96. The Balaban J connectivity index is 1.30. The van der Waals surface area contributed by atoms with Gasteiger partial charge in [-0.3, -0.25) is 5.32 Å². The van der Waals surface area contributed by atoms with Gasteiger partial charge >= 0.3 is 12.0 Å². The number of esters is 1. The number of nitrogens with zero attached hydrogens (tertiary/aromatic N) is 2. The summed E-state index contributed by atoms with van der Waals surface area (Å²) in [4.78, 5) is 26.9. The van der Waals surface area contributed by atoms with E-state index in [9.17, 15) is 19.1 Å². The number of halogens is 1. The molecule has 1 saturated heterocycles. The first-order valence-corrected chi connectivity index (χ1v) is 12.3. The van der Waals surface area contributed by atoms with Crippen molar-refractivity contribution in [3.05, 3.63) is 34.6 Å². The van der Waals surface area contributed by atoms with Gasteiger partial charge in [-0.05, 0) is 49.5 Å². The van der Waals surface area contributed by atoms with Crippen LogP contribution in [0.1, 0.15) is 40.7 Å². The zero-order chi connectivity index (χ0) is 24.8. The Morgan fingerprint density at radius 3 is 3.00 bits per heavy atom. The number of methoxy groups -OCH3 is 1. The molecule has 3 N–H and O–H groups in total. The van der Waals surface area contributed by atoms with Crippen LogP contribution in [0.15, 0.2) is 12.1 Å². The van der Waals surface area contributed by atoms with E-state index in [-0.39, 0.29) is 34.7 Å². The Morgan fingerprint density at radius 1 is 1.37 bits per heavy atom. The van der Waals surface area contributed by atoms with Crippen LogP contribution in [-0.4, -0.2) is 72.4 Å². The number of ether oxygens (including phenoxy) is 3. The number of hydrogen-bond donors (Lipinski definition) is 3. The van der Waals surface area contributed by atoms with Crippen LogP contribution in [0.3, 0.4) is 0 Å². The van der Waals surface area contributed by atoms with Crippen LogP contribution in [0.2, 0.25) is 0 Å². The number of β-amino-alcohol motifs (C(OH)–C–C–N with tert-alkyl or cyclic N) is 1. The van der Waals surface area contributed by atoms with E-state index < -0.39 is 17.8 Å². The van der Waals surface area contributed by atoms with Gasteiger partial charge in [0.1, 0.15) is 23.2 Å². The highest BCUT2D eigenvalue weighted by Gasteiger charge is 2.25. The molecule has 2 aromatic rings. The number of fused-ring (bicyclic) bond motifs is 1. The number of anilines is 1. The topological polar surface area (TPSA) is 122 Å². The first-order valence-electron chi connectivity index (χ1n) is 11.5. The standard InChI is InChI=1S/C23H29FN4O6S/c1-32-22(30)19-20(34-13-15-11-18-14(5-9-33-18)10-17(15)24)27-35-21(19)26-23(31)25-6-2-3-7-28-8-4-16(29)12-28/h10-11,16,29H,2-9,12-13H2,1H3,(H2,25,26,31)/t16-/m1/s1. The van der Waals surface area contributed by atoms with E-state index in [4.69, 9.17) is 14.2 Å². The highest BCUT2D eigenvalue weighted by Crippen LogP contribution is 2.33. The monoisotopic (exact) mass is 508 g/mol. The number of likely N-dealkylation sites (tertiary alicyclic amines) is 1. The van der Waals surface area contributed by atoms with E-state index in [1.54, 1.807) is 6.07 Å². The fourth-order valence-electron chi connectivity index (χ4n) is 4.06. The summed E-state index contributed by atoms with van der Waals surface area (Å²) < 4.78 is 34.4. The van der Waals surface area contributed by atoms with Gasteiger partial charge in [0.05, 0.1) is 19.8 Å². The van der Waals surface area contributed by atoms with Gasteiger partial charge in [0.15, 0.2) is 5.56 Å². The summed E-state index contributed by atoms with van der Waals surface area (Å²) in [5, 5.41) is 15.1. The second kappa shape index (κ2) is 11.6. The van der Waals surface area contributed by atoms with Crippen LogP contribution in [0.5, 0.6) is 11.6 Å². The SMILES string of the molecule is COC(=O)c1c(OCc2cc3c(cc2F)CCO3)nsc1NC(=O)NCCCCN1CC[C@@H](O)C1. The molecule has 0 radical (unpaired) electrons. The van der Waals surface area contributed by atoms with Crippen LogP contribution < -0.4 is 20.1 Å². The first kappa shape index (κ1) is 25.1. The summed E-state index contributed by atoms with van der Waals surface area (Å²) in [6.45, 7) is 3.27. The number of aliphatic hydroxyl groups excluding tert-OH is 1. The molecule has 3 heterocycles. The number of aliphatic hydroxyl groups is 1. The van der Waals surface area contributed by atoms with E-state index in [1.165, 1.54) is 13.2 Å². The minimum Gasteiger partial charge on any atom is -0.493 e. The Labute approximate surface area is 206 Å². The Morgan fingerprint density at radius 2 is 2.23 bits per heavy atom. The van der Waals surface area contributed by atoms with Crippen molar-refractivity contribution in [1.29, 1.82) is 0 Å². The summed E-state index contributed by atoms with van der Waals surface area (Å²) >= 11 is 0.872. The minimum atomic E-state index is -0.727. The third-order valence-corrected chi connectivity index (χ3v) is 6.68. The second-order valence-corrected chi connectivity index (χ2v) is 9.23. The summed E-state index contributed by atoms with van der Waals surface area (Å²) in [5.74, 6) is -0.586. The predicted octanol–water partition coefficient (Wildman–Crippen LogP) is 2.55. The van der Waals surface area contributed by atoms with E-state index in [0.717, 1.165) is 49.4 Å². The molecule has 1 aromatic carbocycles. The lowest BCUT2D eigenvalue weighted by molar-refractivity contribution is 0.0596. The number of aromatic nitrogens is 1. The lowest BCUT2D eigenvalue weighted by atomic mass is 10.1. The molecule has 1 aromatic heterocycles. The van der Waals surface area contributed by atoms with Crippen LogP contribution >= 0.6 is 11.5 Å². The molecule has 10 nitrogen and oxygen atoms in total. The molecular weight excluding hydrogens is 479 g/mol. The van der Waals surface area contributed by atoms with Crippen LogP contribution in [0, 0.1) is 5.82 Å². The molecule has 0 saturated carbocycles. The lowest BCUT2D eigenvalue weighted by Gasteiger charge is -2.14. The number of amides is 2. The molecule has 0 spiro atoms. The number of unbranched alkanes of at least 4 members (excludes halogenated alkanes) is 1. The van der Waals surface area contributed by atoms with Gasteiger partial charge in [-0.25, -0.2) is 14.0 Å². The Bertz CT molecular complexity index is 1060. The molecule has 1 atom stereocenters. The van der Waals surface area contributed by atoms with Crippen molar-refractivity contribution < 1.29 is 33.3 Å². The van der Waals surface area contributed by atoms with E-state index in [1.807, 2.05) is 0 Å². The number of carbonyl (C=O) groups excluding carboxylic acids is 2. The quantitative estimate of drug-likeness (QED) is 0.331. The largest absolute Gasteiger partial charge is 0.493 e. The molecule has 2 aliphatic rings. The van der Waals surface area contributed by atoms with Gasteiger partial charge in [0.2, 0.25) is 5.88 Å². The lowest BCUT2D eigenvalue weighted by Crippen LogP contribution is -2.30. The molecule has 0 aliphatic carbocycles. The van der Waals surface area contributed by atoms with Crippen molar-refractivity contribution in [2.45, 2.75) is 38.4 Å². The fourth-order valence-corrected chi connectivity index (χ4v) is 4.78. The normalized spacial score (nSPS) is 17.1. The van der Waals surface area contributed by atoms with E-state index in [2.05, 4.69) is 19.9 Å². The maximum absolute atomic E-state index is 14.4. The third kappa shape index (κ3) is 6.38. The third-order valence-electron chi connectivity index (χ3n) is 5.93. The molecule has 12 heteroatoms. The van der Waals surface area contributed by atoms with E-state index in [0.29, 0.717) is 31.9 Å². The average Bonchev–Trinajstić information content (AvgIpc) is 3.56. The van der Waals surface area contributed by atoms with Gasteiger partial charge in [-0.15, -0.1) is 0 Å². The number of rotatable bonds is 10.